The molecule has 0 aromatic heterocycles. The summed E-state index contributed by atoms with van der Waals surface area (Å²) < 4.78 is 105. The Labute approximate surface area is 315 Å². The maximum absolute atomic E-state index is 13.3. The molecule has 0 fully saturated rings. The smallest absolute Gasteiger partial charge is 0.330 e. The third-order valence-electron chi connectivity index (χ3n) is 5.63. The molecule has 0 amide bonds. The van der Waals surface area contributed by atoms with Crippen LogP contribution in [0, 0.1) is 47.6 Å². The summed E-state index contributed by atoms with van der Waals surface area (Å²) in [6.45, 7) is 0. The van der Waals surface area contributed by atoms with Crippen LogP contribution in [0.25, 0.3) is 0 Å². The number of sulfonamides is 2. The normalized spacial score (nSPS) is 12.4. The molecule has 2 aliphatic carbocycles. The molecule has 0 radical (unpaired) electrons. The summed E-state index contributed by atoms with van der Waals surface area (Å²) in [4.78, 5) is -0.0566. The van der Waals surface area contributed by atoms with Crippen LogP contribution in [0.5, 0.6) is 0 Å². The SMILES string of the molecule is O=S(=O)(Nc1ccc(F)[c-]c1F)c1ccc(Br)cc1.O=S(=O)(Nc1ccc(F)[c-]c1F)c1ccc(Br)cc1.[C-]1=CC=CC1.[C-]1=CC=CC1.[Ti+4]. The van der Waals surface area contributed by atoms with Gasteiger partial charge in [0, 0.05) is 32.2 Å². The van der Waals surface area contributed by atoms with Crippen LogP contribution in [0.15, 0.2) is 128 Å². The van der Waals surface area contributed by atoms with Crippen molar-refractivity contribution < 1.29 is 56.1 Å². The van der Waals surface area contributed by atoms with Crippen molar-refractivity contribution in [3.8, 4) is 0 Å². The van der Waals surface area contributed by atoms with Crippen LogP contribution in [0.1, 0.15) is 12.8 Å². The van der Waals surface area contributed by atoms with E-state index >= 15 is 0 Å². The van der Waals surface area contributed by atoms with E-state index in [1.807, 2.05) is 33.7 Å². The first kappa shape index (κ1) is 41.9. The molecule has 6 rings (SSSR count). The molecule has 0 atom stereocenters. The molecule has 0 unspecified atom stereocenters. The number of benzene rings is 4. The first-order valence-electron chi connectivity index (χ1n) is 13.5. The minimum atomic E-state index is -3.92. The molecule has 4 aromatic rings. The van der Waals surface area contributed by atoms with Gasteiger partial charge in [-0.1, -0.05) is 31.9 Å². The van der Waals surface area contributed by atoms with E-state index in [1.54, 1.807) is 36.4 Å². The van der Waals surface area contributed by atoms with Gasteiger partial charge in [0.2, 0.25) is 0 Å². The molecule has 2 aliphatic rings. The Morgan fingerprint density at radius 1 is 0.551 bits per heavy atom. The zero-order chi connectivity index (χ0) is 35.2. The Morgan fingerprint density at radius 2 is 0.898 bits per heavy atom. The molecular formula is C34H24Br2F4N2O4S2Ti. The van der Waals surface area contributed by atoms with Gasteiger partial charge < -0.3 is 9.44 Å². The third kappa shape index (κ3) is 14.6. The molecule has 252 valence electrons. The van der Waals surface area contributed by atoms with E-state index in [4.69, 9.17) is 0 Å². The zero-order valence-corrected chi connectivity index (χ0v) is 31.4. The largest absolute Gasteiger partial charge is 4.00 e. The quantitative estimate of drug-likeness (QED) is 0.115. The van der Waals surface area contributed by atoms with Crippen molar-refractivity contribution in [1.82, 2.24) is 0 Å². The second-order valence-electron chi connectivity index (χ2n) is 9.19. The molecule has 0 bridgehead atoms. The predicted molar refractivity (Wildman–Crippen MR) is 183 cm³/mol. The van der Waals surface area contributed by atoms with E-state index in [0.717, 1.165) is 37.1 Å². The maximum atomic E-state index is 13.3. The minimum absolute atomic E-state index is 0. The van der Waals surface area contributed by atoms with Crippen molar-refractivity contribution in [1.29, 1.82) is 0 Å². The molecule has 0 spiro atoms. The average Bonchev–Trinajstić information content (AvgIpc) is 3.81. The summed E-state index contributed by atoms with van der Waals surface area (Å²) >= 11 is 6.35. The van der Waals surface area contributed by atoms with Crippen LogP contribution in [-0.4, -0.2) is 16.8 Å². The number of hydrogen-bond donors (Lipinski definition) is 2. The van der Waals surface area contributed by atoms with E-state index in [-0.39, 0.29) is 42.9 Å². The average molecular weight is 872 g/mol. The van der Waals surface area contributed by atoms with E-state index in [1.165, 1.54) is 24.3 Å². The van der Waals surface area contributed by atoms with Crippen molar-refractivity contribution >= 4 is 63.3 Å². The number of anilines is 2. The Bertz CT molecular complexity index is 1860. The summed E-state index contributed by atoms with van der Waals surface area (Å²) in [6, 6.07) is 18.9. The number of rotatable bonds is 6. The predicted octanol–water partition coefficient (Wildman–Crippen LogP) is 9.27. The van der Waals surface area contributed by atoms with E-state index in [0.29, 0.717) is 8.95 Å². The molecule has 6 nitrogen and oxygen atoms in total. The molecule has 0 aliphatic heterocycles. The van der Waals surface area contributed by atoms with Crippen molar-refractivity contribution in [2.75, 3.05) is 9.44 Å². The summed E-state index contributed by atoms with van der Waals surface area (Å²) in [5, 5.41) is 0. The molecule has 15 heteroatoms. The second-order valence-corrected chi connectivity index (χ2v) is 14.4. The Morgan fingerprint density at radius 3 is 1.14 bits per heavy atom. The Kier molecular flexibility index (Phi) is 17.5. The van der Waals surface area contributed by atoms with Gasteiger partial charge in [-0.2, -0.15) is 12.2 Å². The van der Waals surface area contributed by atoms with Crippen molar-refractivity contribution in [3.63, 3.8) is 0 Å². The van der Waals surface area contributed by atoms with Gasteiger partial charge in [0.1, 0.15) is 0 Å². The summed E-state index contributed by atoms with van der Waals surface area (Å²) in [6.07, 6.45) is 20.0. The van der Waals surface area contributed by atoms with Gasteiger partial charge in [0.15, 0.2) is 0 Å². The minimum Gasteiger partial charge on any atom is -0.330 e. The fraction of sp³-hybridized carbons (Fsp3) is 0.0588. The van der Waals surface area contributed by atoms with Crippen molar-refractivity contribution in [2.24, 2.45) is 0 Å². The van der Waals surface area contributed by atoms with Gasteiger partial charge in [0.25, 0.3) is 20.0 Å². The number of nitrogens with one attached hydrogen (secondary N) is 2. The van der Waals surface area contributed by atoms with Crippen LogP contribution < -0.4 is 9.44 Å². The number of hydrogen-bond acceptors (Lipinski definition) is 4. The molecule has 4 aromatic carbocycles. The van der Waals surface area contributed by atoms with Gasteiger partial charge in [-0.05, 0) is 59.9 Å². The second kappa shape index (κ2) is 20.4. The number of allylic oxidation sites excluding steroid dienone is 8. The fourth-order valence-corrected chi connectivity index (χ4v) is 6.01. The van der Waals surface area contributed by atoms with Crippen LogP contribution in [-0.2, 0) is 41.8 Å². The van der Waals surface area contributed by atoms with E-state index in [9.17, 15) is 34.4 Å². The van der Waals surface area contributed by atoms with Crippen molar-refractivity contribution in [2.45, 2.75) is 22.6 Å². The van der Waals surface area contributed by atoms with Crippen molar-refractivity contribution in [3.05, 3.63) is 166 Å². The standard InChI is InChI=1S/2C12H7BrF2NO2S.2C5H5.Ti/c2*13-8-1-4-10(5-2-8)19(17,18)16-12-6-3-9(14)7-11(12)15;2*1-2-4-5-3-1;/h2*1-6,16H;2*1-3H,4H2;/q4*-1;+4. The fourth-order valence-electron chi connectivity index (χ4n) is 3.36. The topological polar surface area (TPSA) is 92.3 Å². The van der Waals surface area contributed by atoms with Gasteiger partial charge in [0.05, 0.1) is 9.79 Å². The monoisotopic (exact) mass is 870 g/mol. The van der Waals surface area contributed by atoms with E-state index in [2.05, 4.69) is 56.2 Å². The molecule has 0 saturated heterocycles. The summed E-state index contributed by atoms with van der Waals surface area (Å²) in [5.41, 5.74) is -0.714. The van der Waals surface area contributed by atoms with Crippen LogP contribution >= 0.6 is 31.9 Å². The van der Waals surface area contributed by atoms with Crippen LogP contribution in [0.2, 0.25) is 0 Å². The summed E-state index contributed by atoms with van der Waals surface area (Å²) in [5.74, 6) is -3.99. The summed E-state index contributed by atoms with van der Waals surface area (Å²) in [7, 11) is -7.84. The molecule has 2 N–H and O–H groups in total. The molecular weight excluding hydrogens is 848 g/mol. The molecule has 0 heterocycles. The Hall–Kier alpha value is -3.27. The Balaban J connectivity index is 0.000000260. The van der Waals surface area contributed by atoms with Gasteiger partial charge in [-0.25, -0.2) is 58.7 Å². The maximum Gasteiger partial charge on any atom is 4.00 e. The molecule has 49 heavy (non-hydrogen) atoms. The number of halogens is 6. The van der Waals surface area contributed by atoms with Gasteiger partial charge in [-0.3, -0.25) is 12.2 Å². The first-order chi connectivity index (χ1) is 22.8. The van der Waals surface area contributed by atoms with Gasteiger partial charge in [-0.15, -0.1) is 49.2 Å². The molecule has 0 saturated carbocycles. The van der Waals surface area contributed by atoms with Crippen LogP contribution in [0.4, 0.5) is 28.9 Å². The third-order valence-corrected chi connectivity index (χ3v) is 9.45. The van der Waals surface area contributed by atoms with E-state index < -0.39 is 43.3 Å². The van der Waals surface area contributed by atoms with Crippen LogP contribution in [0.3, 0.4) is 0 Å². The zero-order valence-electron chi connectivity index (χ0n) is 25.0. The van der Waals surface area contributed by atoms with Gasteiger partial charge >= 0.3 is 21.7 Å². The first-order valence-corrected chi connectivity index (χ1v) is 18.1.